The first-order valence-electron chi connectivity index (χ1n) is 8.80. The van der Waals surface area contributed by atoms with Crippen LogP contribution >= 0.6 is 37.9 Å². The van der Waals surface area contributed by atoms with Crippen molar-refractivity contribution in [2.75, 3.05) is 30.5 Å². The van der Waals surface area contributed by atoms with Gasteiger partial charge in [-0.15, -0.1) is 0 Å². The van der Waals surface area contributed by atoms with Crippen molar-refractivity contribution in [1.29, 1.82) is 0 Å². The zero-order chi connectivity index (χ0) is 24.1. The van der Waals surface area contributed by atoms with Gasteiger partial charge in [-0.1, -0.05) is 0 Å². The molecule has 5 atom stereocenters. The van der Waals surface area contributed by atoms with Crippen molar-refractivity contribution < 1.29 is 39.3 Å². The number of carbonyl (C=O) groups excluding carboxylic acids is 4. The van der Waals surface area contributed by atoms with Gasteiger partial charge in [-0.25, -0.2) is 4.79 Å². The summed E-state index contributed by atoms with van der Waals surface area (Å²) in [6.45, 7) is -1.77. The van der Waals surface area contributed by atoms with E-state index >= 15 is 0 Å². The third-order valence-corrected chi connectivity index (χ3v) is 4.90. The van der Waals surface area contributed by atoms with E-state index in [-0.39, 0.29) is 17.3 Å². The van der Waals surface area contributed by atoms with E-state index in [1.54, 1.807) is 0 Å². The fourth-order valence-electron chi connectivity index (χ4n) is 1.95. The third-order valence-electron chi connectivity index (χ3n) is 3.78. The molecule has 0 saturated carbocycles. The Morgan fingerprint density at radius 3 is 1.32 bits per heavy atom. The van der Waals surface area contributed by atoms with E-state index in [2.05, 4.69) is 59.2 Å². The van der Waals surface area contributed by atoms with Crippen molar-refractivity contribution in [2.24, 2.45) is 5.73 Å². The van der Waals surface area contributed by atoms with E-state index in [0.29, 0.717) is 0 Å². The lowest BCUT2D eigenvalue weighted by molar-refractivity contribution is -0.142. The number of hydrogen-bond acceptors (Lipinski definition) is 11. The third kappa shape index (κ3) is 9.96. The summed E-state index contributed by atoms with van der Waals surface area (Å²) in [6.07, 6.45) is 0. The van der Waals surface area contributed by atoms with Crippen LogP contribution in [0, 0.1) is 0 Å². The highest BCUT2D eigenvalue weighted by atomic mass is 32.1. The summed E-state index contributed by atoms with van der Waals surface area (Å²) in [5, 5.41) is 36.3. The standard InChI is InChI=1S/C15H27N5O8S3/c16-6(3-29)11(23)19-9(4-30)14(26)18-7(1-21)12(24)17-8(2-22)13(25)20-10(5-31)15(27)28/h6-10,21-22,29-31H,1-5,16H2,(H,17,24)(H,18,26)(H,19,23)(H,20,25)(H,27,28)/t6-,7-,8-,9-,10-/m0/s1. The smallest absolute Gasteiger partial charge is 0.327 e. The maximum absolute atomic E-state index is 12.3. The number of aliphatic carboxylic acids is 1. The van der Waals surface area contributed by atoms with Gasteiger partial charge in [0.2, 0.25) is 23.6 Å². The number of carboxylic acid groups (broad SMARTS) is 1. The summed E-state index contributed by atoms with van der Waals surface area (Å²) in [4.78, 5) is 59.5. The maximum Gasteiger partial charge on any atom is 0.327 e. The van der Waals surface area contributed by atoms with Crippen LogP contribution in [0.5, 0.6) is 0 Å². The van der Waals surface area contributed by atoms with Crippen LogP contribution in [0.25, 0.3) is 0 Å². The number of thiol groups is 3. The molecule has 0 unspecified atom stereocenters. The number of rotatable bonds is 14. The quantitative estimate of drug-likeness (QED) is 0.103. The molecule has 0 radical (unpaired) electrons. The van der Waals surface area contributed by atoms with Gasteiger partial charge in [0.15, 0.2) is 0 Å². The molecule has 4 amide bonds. The first-order chi connectivity index (χ1) is 14.6. The highest BCUT2D eigenvalue weighted by molar-refractivity contribution is 7.80. The minimum atomic E-state index is -1.56. The summed E-state index contributed by atoms with van der Waals surface area (Å²) in [5.74, 6) is -5.34. The Morgan fingerprint density at radius 1 is 0.645 bits per heavy atom. The molecule has 0 aliphatic carbocycles. The van der Waals surface area contributed by atoms with Crippen LogP contribution in [0.2, 0.25) is 0 Å². The molecular formula is C15H27N5O8S3. The van der Waals surface area contributed by atoms with Gasteiger partial charge in [0.25, 0.3) is 0 Å². The maximum atomic E-state index is 12.3. The molecule has 16 heteroatoms. The molecule has 13 nitrogen and oxygen atoms in total. The molecule has 0 aliphatic heterocycles. The molecule has 9 N–H and O–H groups in total. The van der Waals surface area contributed by atoms with E-state index in [9.17, 15) is 34.2 Å². The molecule has 0 aromatic rings. The lowest BCUT2D eigenvalue weighted by Crippen LogP contribution is -2.60. The first kappa shape index (κ1) is 29.3. The molecule has 0 aliphatic rings. The van der Waals surface area contributed by atoms with Gasteiger partial charge in [-0.3, -0.25) is 19.2 Å². The lowest BCUT2D eigenvalue weighted by atomic mass is 10.2. The number of nitrogens with one attached hydrogen (secondary N) is 4. The molecule has 0 bridgehead atoms. The van der Waals surface area contributed by atoms with Crippen molar-refractivity contribution in [3.63, 3.8) is 0 Å². The van der Waals surface area contributed by atoms with E-state index in [4.69, 9.17) is 10.8 Å². The zero-order valence-corrected chi connectivity index (χ0v) is 18.9. The molecule has 0 spiro atoms. The molecular weight excluding hydrogens is 474 g/mol. The molecule has 0 saturated heterocycles. The average Bonchev–Trinajstić information content (AvgIpc) is 2.75. The van der Waals surface area contributed by atoms with Crippen LogP contribution in [0.15, 0.2) is 0 Å². The van der Waals surface area contributed by atoms with Gasteiger partial charge >= 0.3 is 5.97 Å². The van der Waals surface area contributed by atoms with Crippen LogP contribution < -0.4 is 27.0 Å². The Bertz CT molecular complexity index is 656. The van der Waals surface area contributed by atoms with Crippen LogP contribution in [0.1, 0.15) is 0 Å². The van der Waals surface area contributed by atoms with Gasteiger partial charge in [0, 0.05) is 17.3 Å². The Labute approximate surface area is 194 Å². The number of nitrogens with two attached hydrogens (primary N) is 1. The summed E-state index contributed by atoms with van der Waals surface area (Å²) in [6, 6.07) is -6.64. The van der Waals surface area contributed by atoms with Gasteiger partial charge in [0.05, 0.1) is 19.3 Å². The van der Waals surface area contributed by atoms with Crippen molar-refractivity contribution >= 4 is 67.5 Å². The fourth-order valence-corrected chi connectivity index (χ4v) is 2.62. The Kier molecular flexibility index (Phi) is 14.3. The number of carboxylic acids is 1. The molecule has 178 valence electrons. The average molecular weight is 502 g/mol. The van der Waals surface area contributed by atoms with E-state index in [0.717, 1.165) is 0 Å². The van der Waals surface area contributed by atoms with Gasteiger partial charge in [-0.2, -0.15) is 37.9 Å². The van der Waals surface area contributed by atoms with Gasteiger partial charge in [-0.05, 0) is 0 Å². The van der Waals surface area contributed by atoms with E-state index in [1.807, 2.05) is 0 Å². The van der Waals surface area contributed by atoms with Gasteiger partial charge < -0.3 is 42.3 Å². The largest absolute Gasteiger partial charge is 0.480 e. The number of amides is 4. The predicted octanol–water partition coefficient (Wildman–Crippen LogP) is -4.89. The molecule has 0 aromatic carbocycles. The van der Waals surface area contributed by atoms with Crippen LogP contribution in [-0.2, 0) is 24.0 Å². The van der Waals surface area contributed by atoms with Crippen molar-refractivity contribution in [1.82, 2.24) is 21.3 Å². The minimum Gasteiger partial charge on any atom is -0.480 e. The number of hydrogen-bond donors (Lipinski definition) is 11. The van der Waals surface area contributed by atoms with Crippen LogP contribution in [0.4, 0.5) is 0 Å². The normalized spacial score (nSPS) is 15.5. The monoisotopic (exact) mass is 501 g/mol. The van der Waals surface area contributed by atoms with Crippen molar-refractivity contribution in [3.8, 4) is 0 Å². The second-order valence-corrected chi connectivity index (χ2v) is 7.20. The Balaban J connectivity index is 5.07. The number of aliphatic hydroxyl groups is 2. The Morgan fingerprint density at radius 2 is 1.00 bits per heavy atom. The van der Waals surface area contributed by atoms with Crippen LogP contribution in [-0.4, -0.2) is 106 Å². The minimum absolute atomic E-state index is 0.0228. The highest BCUT2D eigenvalue weighted by Gasteiger charge is 2.30. The van der Waals surface area contributed by atoms with Crippen molar-refractivity contribution in [2.45, 2.75) is 30.2 Å². The summed E-state index contributed by atoms with van der Waals surface area (Å²) in [7, 11) is 0. The highest BCUT2D eigenvalue weighted by Crippen LogP contribution is 1.96. The molecule has 0 rings (SSSR count). The summed E-state index contributed by atoms with van der Waals surface area (Å²) < 4.78 is 0. The second kappa shape index (κ2) is 15.1. The van der Waals surface area contributed by atoms with Gasteiger partial charge in [0.1, 0.15) is 24.2 Å². The zero-order valence-electron chi connectivity index (χ0n) is 16.2. The predicted molar refractivity (Wildman–Crippen MR) is 119 cm³/mol. The molecule has 0 heterocycles. The second-order valence-electron chi connectivity index (χ2n) is 6.10. The summed E-state index contributed by atoms with van der Waals surface area (Å²) in [5.41, 5.74) is 5.50. The topological polar surface area (TPSA) is 220 Å². The summed E-state index contributed by atoms with van der Waals surface area (Å²) >= 11 is 11.6. The molecule has 0 fully saturated rings. The van der Waals surface area contributed by atoms with Crippen LogP contribution in [0.3, 0.4) is 0 Å². The number of carbonyl (C=O) groups is 5. The number of aliphatic hydroxyl groups excluding tert-OH is 2. The molecule has 31 heavy (non-hydrogen) atoms. The first-order valence-corrected chi connectivity index (χ1v) is 10.7. The van der Waals surface area contributed by atoms with E-state index in [1.165, 1.54) is 0 Å². The Hall–Kier alpha value is -1.72. The van der Waals surface area contributed by atoms with E-state index < -0.39 is 73.0 Å². The molecule has 0 aromatic heterocycles. The lowest BCUT2D eigenvalue weighted by Gasteiger charge is -2.24. The van der Waals surface area contributed by atoms with Crippen molar-refractivity contribution in [3.05, 3.63) is 0 Å². The fraction of sp³-hybridized carbons (Fsp3) is 0.667. The SMILES string of the molecule is N[C@@H](CS)C(=O)N[C@@H](CS)C(=O)N[C@@H](CO)C(=O)N[C@@H](CO)C(=O)N[C@@H](CS)C(=O)O.